The number of ether oxygens (including phenoxy) is 1. The lowest BCUT2D eigenvalue weighted by atomic mass is 10.1. The van der Waals surface area contributed by atoms with Crippen LogP contribution in [0.25, 0.3) is 0 Å². The zero-order valence-corrected chi connectivity index (χ0v) is 13.5. The van der Waals surface area contributed by atoms with E-state index in [-0.39, 0.29) is 23.9 Å². The number of carbonyl (C=O) groups excluding carboxylic acids is 1. The lowest BCUT2D eigenvalue weighted by molar-refractivity contribution is -0.132. The van der Waals surface area contributed by atoms with Gasteiger partial charge in [0.05, 0.1) is 10.6 Å². The lowest BCUT2D eigenvalue weighted by Crippen LogP contribution is -2.41. The Kier molecular flexibility index (Phi) is 5.72. The molecule has 1 aliphatic heterocycles. The van der Waals surface area contributed by atoms with Crippen molar-refractivity contribution < 1.29 is 13.9 Å². The molecular weight excluding hydrogens is 339 g/mol. The molecule has 0 spiro atoms. The van der Waals surface area contributed by atoms with E-state index in [0.29, 0.717) is 23.9 Å². The van der Waals surface area contributed by atoms with Gasteiger partial charge in [0.15, 0.2) is 0 Å². The van der Waals surface area contributed by atoms with Crippen molar-refractivity contribution in [2.24, 2.45) is 5.73 Å². The van der Waals surface area contributed by atoms with Gasteiger partial charge in [-0.15, -0.1) is 0 Å². The number of hydrogen-bond donors (Lipinski definition) is 2. The fraction of sp³-hybridized carbons (Fsp3) is 0.533. The van der Waals surface area contributed by atoms with Gasteiger partial charge in [0.2, 0.25) is 5.91 Å². The van der Waals surface area contributed by atoms with E-state index in [1.54, 1.807) is 12.1 Å². The van der Waals surface area contributed by atoms with E-state index in [9.17, 15) is 9.18 Å². The molecule has 1 heterocycles. The first-order valence-corrected chi connectivity index (χ1v) is 7.88. The number of halogens is 2. The molecule has 2 rings (SSSR count). The van der Waals surface area contributed by atoms with Gasteiger partial charge in [-0.1, -0.05) is 6.07 Å². The molecule has 1 unspecified atom stereocenters. The number of nitrogens with one attached hydrogen (secondary N) is 1. The SMILES string of the molecule is CC(Cc1ccc(F)c(Br)c1)NC(=O)[C@@H]1CC[C@H](CN)O1. The molecule has 116 valence electrons. The molecule has 6 heteroatoms. The van der Waals surface area contributed by atoms with Gasteiger partial charge in [-0.3, -0.25) is 4.79 Å². The summed E-state index contributed by atoms with van der Waals surface area (Å²) in [6.07, 6.45) is 1.76. The molecule has 0 bridgehead atoms. The molecule has 1 saturated heterocycles. The summed E-state index contributed by atoms with van der Waals surface area (Å²) >= 11 is 3.16. The van der Waals surface area contributed by atoms with Crippen LogP contribution in [0.4, 0.5) is 4.39 Å². The minimum Gasteiger partial charge on any atom is -0.364 e. The van der Waals surface area contributed by atoms with Crippen molar-refractivity contribution in [1.29, 1.82) is 0 Å². The van der Waals surface area contributed by atoms with Crippen molar-refractivity contribution in [1.82, 2.24) is 5.32 Å². The van der Waals surface area contributed by atoms with Crippen LogP contribution in [0.15, 0.2) is 22.7 Å². The Balaban J connectivity index is 1.85. The molecule has 1 fully saturated rings. The Morgan fingerprint density at radius 1 is 1.57 bits per heavy atom. The second-order valence-electron chi connectivity index (χ2n) is 5.42. The third-order valence-corrected chi connectivity index (χ3v) is 4.19. The van der Waals surface area contributed by atoms with Crippen molar-refractivity contribution in [3.63, 3.8) is 0 Å². The minimum atomic E-state index is -0.402. The highest BCUT2D eigenvalue weighted by molar-refractivity contribution is 9.10. The molecule has 0 aromatic heterocycles. The van der Waals surface area contributed by atoms with E-state index in [1.165, 1.54) is 6.07 Å². The molecular formula is C15H20BrFN2O2. The Hall–Kier alpha value is -0.980. The number of hydrogen-bond acceptors (Lipinski definition) is 3. The maximum atomic E-state index is 13.2. The summed E-state index contributed by atoms with van der Waals surface area (Å²) < 4.78 is 19.2. The first-order chi connectivity index (χ1) is 9.99. The van der Waals surface area contributed by atoms with Gasteiger partial charge in [0.25, 0.3) is 0 Å². The number of nitrogens with two attached hydrogens (primary N) is 1. The molecule has 1 amide bonds. The standard InChI is InChI=1S/C15H20BrFN2O2/c1-9(6-10-2-4-13(17)12(16)7-10)19-15(20)14-5-3-11(8-18)21-14/h2,4,7,9,11,14H,3,5-6,8,18H2,1H3,(H,19,20)/t9?,11-,14+/m1/s1. The van der Waals surface area contributed by atoms with Crippen LogP contribution in [0.1, 0.15) is 25.3 Å². The van der Waals surface area contributed by atoms with E-state index in [1.807, 2.05) is 6.92 Å². The maximum Gasteiger partial charge on any atom is 0.249 e. The fourth-order valence-corrected chi connectivity index (χ4v) is 2.91. The van der Waals surface area contributed by atoms with Gasteiger partial charge >= 0.3 is 0 Å². The summed E-state index contributed by atoms with van der Waals surface area (Å²) in [4.78, 5) is 12.1. The predicted molar refractivity (Wildman–Crippen MR) is 82.4 cm³/mol. The number of carbonyl (C=O) groups is 1. The van der Waals surface area contributed by atoms with E-state index in [0.717, 1.165) is 12.0 Å². The Labute approximate surface area is 132 Å². The number of benzene rings is 1. The Bertz CT molecular complexity index is 512. The highest BCUT2D eigenvalue weighted by Gasteiger charge is 2.30. The second-order valence-corrected chi connectivity index (χ2v) is 6.28. The molecule has 3 N–H and O–H groups in total. The van der Waals surface area contributed by atoms with Crippen LogP contribution in [0.5, 0.6) is 0 Å². The lowest BCUT2D eigenvalue weighted by Gasteiger charge is -2.18. The summed E-state index contributed by atoms with van der Waals surface area (Å²) in [7, 11) is 0. The van der Waals surface area contributed by atoms with E-state index >= 15 is 0 Å². The molecule has 1 aliphatic rings. The van der Waals surface area contributed by atoms with E-state index in [4.69, 9.17) is 10.5 Å². The fourth-order valence-electron chi connectivity index (χ4n) is 2.48. The molecule has 0 aliphatic carbocycles. The van der Waals surface area contributed by atoms with Crippen molar-refractivity contribution in [3.05, 3.63) is 34.1 Å². The van der Waals surface area contributed by atoms with Crippen LogP contribution >= 0.6 is 15.9 Å². The van der Waals surface area contributed by atoms with Crippen LogP contribution in [-0.2, 0) is 16.0 Å². The third kappa shape index (κ3) is 4.49. The number of rotatable bonds is 5. The van der Waals surface area contributed by atoms with Crippen molar-refractivity contribution in [2.45, 2.75) is 44.4 Å². The Morgan fingerprint density at radius 2 is 2.33 bits per heavy atom. The van der Waals surface area contributed by atoms with E-state index < -0.39 is 6.10 Å². The summed E-state index contributed by atoms with van der Waals surface area (Å²) in [6.45, 7) is 2.37. The topological polar surface area (TPSA) is 64.4 Å². The monoisotopic (exact) mass is 358 g/mol. The molecule has 4 nitrogen and oxygen atoms in total. The van der Waals surface area contributed by atoms with Crippen molar-refractivity contribution in [3.8, 4) is 0 Å². The van der Waals surface area contributed by atoms with Crippen LogP contribution in [0.3, 0.4) is 0 Å². The maximum absolute atomic E-state index is 13.2. The first kappa shape index (κ1) is 16.4. The van der Waals surface area contributed by atoms with Crippen molar-refractivity contribution in [2.75, 3.05) is 6.54 Å². The normalized spacial score (nSPS) is 23.0. The Morgan fingerprint density at radius 3 is 2.95 bits per heavy atom. The van der Waals surface area contributed by atoms with Gasteiger partial charge in [-0.05, 0) is 59.8 Å². The van der Waals surface area contributed by atoms with Crippen LogP contribution < -0.4 is 11.1 Å². The zero-order valence-electron chi connectivity index (χ0n) is 11.9. The first-order valence-electron chi connectivity index (χ1n) is 7.09. The van der Waals surface area contributed by atoms with Crippen LogP contribution in [0, 0.1) is 5.82 Å². The average molecular weight is 359 g/mol. The highest BCUT2D eigenvalue weighted by Crippen LogP contribution is 2.20. The molecule has 3 atom stereocenters. The molecule has 0 radical (unpaired) electrons. The molecule has 21 heavy (non-hydrogen) atoms. The zero-order chi connectivity index (χ0) is 15.4. The van der Waals surface area contributed by atoms with Gasteiger partial charge in [0.1, 0.15) is 11.9 Å². The van der Waals surface area contributed by atoms with Gasteiger partial charge < -0.3 is 15.8 Å². The van der Waals surface area contributed by atoms with E-state index in [2.05, 4.69) is 21.2 Å². The second kappa shape index (κ2) is 7.33. The quantitative estimate of drug-likeness (QED) is 0.847. The average Bonchev–Trinajstić information content (AvgIpc) is 2.92. The van der Waals surface area contributed by atoms with Crippen LogP contribution in [0.2, 0.25) is 0 Å². The van der Waals surface area contributed by atoms with Crippen molar-refractivity contribution >= 4 is 21.8 Å². The molecule has 1 aromatic carbocycles. The molecule has 1 aromatic rings. The smallest absolute Gasteiger partial charge is 0.249 e. The highest BCUT2D eigenvalue weighted by atomic mass is 79.9. The summed E-state index contributed by atoms with van der Waals surface area (Å²) in [6, 6.07) is 4.82. The third-order valence-electron chi connectivity index (χ3n) is 3.58. The number of amides is 1. The summed E-state index contributed by atoms with van der Waals surface area (Å²) in [5.41, 5.74) is 6.50. The summed E-state index contributed by atoms with van der Waals surface area (Å²) in [5.74, 6) is -0.387. The summed E-state index contributed by atoms with van der Waals surface area (Å²) in [5, 5.41) is 2.94. The van der Waals surface area contributed by atoms with Gasteiger partial charge in [0, 0.05) is 12.6 Å². The predicted octanol–water partition coefficient (Wildman–Crippen LogP) is 2.14. The molecule has 0 saturated carbocycles. The van der Waals surface area contributed by atoms with Gasteiger partial charge in [-0.2, -0.15) is 0 Å². The van der Waals surface area contributed by atoms with Gasteiger partial charge in [-0.25, -0.2) is 4.39 Å². The largest absolute Gasteiger partial charge is 0.364 e. The van der Waals surface area contributed by atoms with Crippen LogP contribution in [-0.4, -0.2) is 30.7 Å². The minimum absolute atomic E-state index is 0.0101.